The molecule has 2 aromatic heterocycles. The fourth-order valence-corrected chi connectivity index (χ4v) is 4.31. The summed E-state index contributed by atoms with van der Waals surface area (Å²) in [6.45, 7) is 6.22. The van der Waals surface area contributed by atoms with Crippen LogP contribution in [0.15, 0.2) is 58.6 Å². The maximum Gasteiger partial charge on any atom is 0.501 e. The molecular formula is C23H26F3N5O6S. The van der Waals surface area contributed by atoms with Crippen LogP contribution in [-0.2, 0) is 21.1 Å². The summed E-state index contributed by atoms with van der Waals surface area (Å²) < 4.78 is 68.6. The number of pyridine rings is 1. The van der Waals surface area contributed by atoms with Crippen LogP contribution in [0.1, 0.15) is 19.4 Å². The van der Waals surface area contributed by atoms with Crippen molar-refractivity contribution in [2.24, 2.45) is 0 Å². The Morgan fingerprint density at radius 1 is 1.16 bits per heavy atom. The molecule has 0 atom stereocenters. The van der Waals surface area contributed by atoms with Gasteiger partial charge in [0.1, 0.15) is 6.61 Å². The molecular weight excluding hydrogens is 531 g/mol. The lowest BCUT2D eigenvalue weighted by Crippen LogP contribution is -2.29. The lowest BCUT2D eigenvalue weighted by atomic mass is 10.2. The third kappa shape index (κ3) is 6.34. The van der Waals surface area contributed by atoms with Gasteiger partial charge in [0.2, 0.25) is 5.88 Å². The number of hydrogen-bond donors (Lipinski definition) is 2. The molecule has 0 fully saturated rings. The molecule has 2 N–H and O–H groups in total. The third-order valence-corrected chi connectivity index (χ3v) is 7.17. The van der Waals surface area contributed by atoms with Gasteiger partial charge in [-0.25, -0.2) is 22.6 Å². The second-order valence-corrected chi connectivity index (χ2v) is 9.94. The second-order valence-electron chi connectivity index (χ2n) is 8.00. The van der Waals surface area contributed by atoms with Crippen molar-refractivity contribution in [1.82, 2.24) is 19.0 Å². The van der Waals surface area contributed by atoms with Crippen LogP contribution in [0.4, 0.5) is 23.7 Å². The summed E-state index contributed by atoms with van der Waals surface area (Å²) in [7, 11) is -5.57. The molecule has 15 heteroatoms. The van der Waals surface area contributed by atoms with Crippen LogP contribution in [0.5, 0.6) is 5.88 Å². The first-order valence-electron chi connectivity index (χ1n) is 11.4. The smallest absolute Gasteiger partial charge is 0.493 e. The number of ether oxygens (including phenoxy) is 1. The minimum Gasteiger partial charge on any atom is -0.493 e. The zero-order valence-electron chi connectivity index (χ0n) is 20.5. The van der Waals surface area contributed by atoms with Crippen molar-refractivity contribution in [1.29, 1.82) is 0 Å². The Kier molecular flexibility index (Phi) is 8.83. The number of benzene rings is 1. The van der Waals surface area contributed by atoms with E-state index >= 15 is 0 Å². The number of imidazole rings is 1. The van der Waals surface area contributed by atoms with Crippen LogP contribution in [0.25, 0.3) is 5.69 Å². The summed E-state index contributed by atoms with van der Waals surface area (Å²) in [5, 5.41) is 12.9. The number of nitrogens with one attached hydrogen (secondary N) is 1. The summed E-state index contributed by atoms with van der Waals surface area (Å²) in [6.07, 6.45) is 3.18. The fourth-order valence-electron chi connectivity index (χ4n) is 3.55. The van der Waals surface area contributed by atoms with Crippen molar-refractivity contribution in [3.8, 4) is 11.6 Å². The summed E-state index contributed by atoms with van der Waals surface area (Å²) >= 11 is 0. The van der Waals surface area contributed by atoms with Gasteiger partial charge in [-0.3, -0.25) is 14.9 Å². The lowest BCUT2D eigenvalue weighted by molar-refractivity contribution is -0.0436. The minimum absolute atomic E-state index is 0.0581. The molecule has 11 nitrogen and oxygen atoms in total. The Morgan fingerprint density at radius 2 is 1.82 bits per heavy atom. The quantitative estimate of drug-likeness (QED) is 0.389. The highest BCUT2D eigenvalue weighted by atomic mass is 32.2. The number of alkyl halides is 3. The fraction of sp³-hybridized carbons (Fsp3) is 0.348. The van der Waals surface area contributed by atoms with Crippen LogP contribution < -0.4 is 11.0 Å². The normalized spacial score (nSPS) is 12.1. The monoisotopic (exact) mass is 557 g/mol. The molecule has 206 valence electrons. The second kappa shape index (κ2) is 11.7. The number of nitrogens with zero attached hydrogens (tertiary/aromatic N) is 4. The summed E-state index contributed by atoms with van der Waals surface area (Å²) in [6, 6.07) is 4.87. The van der Waals surface area contributed by atoms with E-state index in [9.17, 15) is 36.3 Å². The summed E-state index contributed by atoms with van der Waals surface area (Å²) in [5.41, 5.74) is -5.59. The molecule has 0 saturated heterocycles. The number of aromatic hydroxyl groups is 1. The van der Waals surface area contributed by atoms with Gasteiger partial charge >= 0.3 is 17.3 Å². The van der Waals surface area contributed by atoms with E-state index in [1.54, 1.807) is 6.07 Å². The van der Waals surface area contributed by atoms with E-state index in [1.165, 1.54) is 12.4 Å². The molecule has 0 saturated carbocycles. The number of sulfone groups is 1. The van der Waals surface area contributed by atoms with Crippen LogP contribution in [-0.4, -0.2) is 70.4 Å². The van der Waals surface area contributed by atoms with Gasteiger partial charge in [-0.05, 0) is 49.0 Å². The van der Waals surface area contributed by atoms with Crippen LogP contribution >= 0.6 is 0 Å². The molecule has 0 bridgehead atoms. The predicted molar refractivity (Wildman–Crippen MR) is 131 cm³/mol. The number of likely N-dealkylation sites (N-methyl/N-ethyl adjacent to an activating group) is 1. The first-order valence-corrected chi connectivity index (χ1v) is 12.9. The first kappa shape index (κ1) is 28.7. The van der Waals surface area contributed by atoms with Crippen molar-refractivity contribution in [3.63, 3.8) is 0 Å². The largest absolute Gasteiger partial charge is 0.501 e. The van der Waals surface area contributed by atoms with E-state index in [-0.39, 0.29) is 24.5 Å². The average Bonchev–Trinajstić information content (AvgIpc) is 3.14. The Morgan fingerprint density at radius 3 is 2.42 bits per heavy atom. The zero-order valence-corrected chi connectivity index (χ0v) is 21.3. The van der Waals surface area contributed by atoms with Gasteiger partial charge in [0, 0.05) is 12.7 Å². The molecule has 0 radical (unpaired) electrons. The lowest BCUT2D eigenvalue weighted by Gasteiger charge is -2.17. The molecule has 0 aliphatic heterocycles. The van der Waals surface area contributed by atoms with Crippen molar-refractivity contribution >= 4 is 21.6 Å². The highest BCUT2D eigenvalue weighted by molar-refractivity contribution is 7.92. The summed E-state index contributed by atoms with van der Waals surface area (Å²) in [5.74, 6) is -0.541. The standard InChI is InChI=1S/C23H26F3N5O6S/c1-3-29(4-2)11-12-37-21(33)28-19-13-27-10-9-16(19)14-30-15-20(32)31(22(30)34)17-5-7-18(8-6-17)38(35,36)23(24,25)26/h5-10,13,15,32H,3-4,11-12,14H2,1-2H3,(H,28,33). The third-order valence-electron chi connectivity index (χ3n) is 5.67. The van der Waals surface area contributed by atoms with E-state index in [4.69, 9.17) is 4.74 Å². The van der Waals surface area contributed by atoms with Gasteiger partial charge in [0.15, 0.2) is 0 Å². The van der Waals surface area contributed by atoms with E-state index < -0.39 is 37.9 Å². The van der Waals surface area contributed by atoms with Gasteiger partial charge in [-0.1, -0.05) is 13.8 Å². The zero-order chi connectivity index (χ0) is 28.1. The molecule has 1 aromatic carbocycles. The highest BCUT2D eigenvalue weighted by Crippen LogP contribution is 2.30. The molecule has 3 aromatic rings. The number of rotatable bonds is 10. The maximum absolute atomic E-state index is 13.0. The number of halogens is 3. The number of carbonyl (C=O) groups excluding carboxylic acids is 1. The Balaban J connectivity index is 1.78. The molecule has 2 heterocycles. The first-order chi connectivity index (χ1) is 17.9. The van der Waals surface area contributed by atoms with Gasteiger partial charge in [0.25, 0.3) is 9.84 Å². The Labute approximate surface area is 216 Å². The highest BCUT2D eigenvalue weighted by Gasteiger charge is 2.46. The van der Waals surface area contributed by atoms with Gasteiger partial charge in [0.05, 0.1) is 35.2 Å². The van der Waals surface area contributed by atoms with Crippen LogP contribution in [0, 0.1) is 0 Å². The number of amides is 1. The minimum atomic E-state index is -5.57. The topological polar surface area (TPSA) is 136 Å². The van der Waals surface area contributed by atoms with Crippen molar-refractivity contribution in [2.75, 3.05) is 31.6 Å². The van der Waals surface area contributed by atoms with Gasteiger partial charge in [-0.15, -0.1) is 0 Å². The molecule has 38 heavy (non-hydrogen) atoms. The Hall–Kier alpha value is -3.85. The predicted octanol–water partition coefficient (Wildman–Crippen LogP) is 2.97. The van der Waals surface area contributed by atoms with Crippen molar-refractivity contribution in [3.05, 3.63) is 65.0 Å². The number of anilines is 1. The molecule has 1 amide bonds. The SMILES string of the molecule is CCN(CC)CCOC(=O)Nc1cnccc1Cn1cc(O)n(-c2ccc(S(=O)(=O)C(F)(F)F)cc2)c1=O. The van der Waals surface area contributed by atoms with Gasteiger partial charge in [-0.2, -0.15) is 13.2 Å². The molecule has 0 aliphatic carbocycles. The van der Waals surface area contributed by atoms with E-state index in [2.05, 4.69) is 15.2 Å². The van der Waals surface area contributed by atoms with Crippen LogP contribution in [0.3, 0.4) is 0 Å². The van der Waals surface area contributed by atoms with Crippen LogP contribution in [0.2, 0.25) is 0 Å². The molecule has 3 rings (SSSR count). The number of hydrogen-bond acceptors (Lipinski definition) is 8. The van der Waals surface area contributed by atoms with E-state index in [0.717, 1.165) is 40.6 Å². The maximum atomic E-state index is 13.0. The molecule has 0 spiro atoms. The van der Waals surface area contributed by atoms with Crippen molar-refractivity contribution < 1.29 is 36.2 Å². The number of carbonyl (C=O) groups is 1. The molecule has 0 unspecified atom stereocenters. The number of aromatic nitrogens is 3. The summed E-state index contributed by atoms with van der Waals surface area (Å²) in [4.78, 5) is 30.2. The Bertz CT molecular complexity index is 1430. The van der Waals surface area contributed by atoms with E-state index in [1.807, 2.05) is 13.8 Å². The van der Waals surface area contributed by atoms with E-state index in [0.29, 0.717) is 24.2 Å². The van der Waals surface area contributed by atoms with Crippen molar-refractivity contribution in [2.45, 2.75) is 30.8 Å². The average molecular weight is 558 g/mol. The van der Waals surface area contributed by atoms with Gasteiger partial charge < -0.3 is 14.7 Å². The molecule has 0 aliphatic rings.